The first kappa shape index (κ1) is 16.1. The zero-order chi connectivity index (χ0) is 17.1. The molecule has 0 spiro atoms. The van der Waals surface area contributed by atoms with Crippen molar-refractivity contribution in [2.45, 2.75) is 18.5 Å². The number of amides is 2. The number of hydrazine groups is 1. The fourth-order valence-electron chi connectivity index (χ4n) is 2.67. The van der Waals surface area contributed by atoms with Crippen LogP contribution in [-0.2, 0) is 4.79 Å². The quantitative estimate of drug-likeness (QED) is 0.683. The van der Waals surface area contributed by atoms with Crippen LogP contribution in [0.15, 0.2) is 48.5 Å². The van der Waals surface area contributed by atoms with E-state index in [1.165, 1.54) is 12.1 Å². The molecule has 5 N–H and O–H groups in total. The van der Waals surface area contributed by atoms with E-state index in [4.69, 9.17) is 5.73 Å². The predicted molar refractivity (Wildman–Crippen MR) is 87.4 cm³/mol. The summed E-state index contributed by atoms with van der Waals surface area (Å²) in [6.45, 7) is 0. The van der Waals surface area contributed by atoms with Crippen molar-refractivity contribution in [2.24, 2.45) is 5.73 Å². The van der Waals surface area contributed by atoms with Crippen molar-refractivity contribution in [1.82, 2.24) is 10.9 Å². The average Bonchev–Trinajstić information content (AvgIpc) is 3.06. The van der Waals surface area contributed by atoms with Crippen LogP contribution in [0.1, 0.15) is 28.4 Å². The summed E-state index contributed by atoms with van der Waals surface area (Å²) in [4.78, 5) is 23.8. The summed E-state index contributed by atoms with van der Waals surface area (Å²) in [5, 5.41) is 2.71. The van der Waals surface area contributed by atoms with Gasteiger partial charge in [0.05, 0.1) is 11.3 Å². The van der Waals surface area contributed by atoms with E-state index in [-0.39, 0.29) is 23.3 Å². The number of hydrogen-bond acceptors (Lipinski definition) is 4. The minimum absolute atomic E-state index is 0.104. The van der Waals surface area contributed by atoms with E-state index < -0.39 is 11.9 Å². The molecule has 2 amide bonds. The van der Waals surface area contributed by atoms with Gasteiger partial charge in [0.2, 0.25) is 5.91 Å². The van der Waals surface area contributed by atoms with Gasteiger partial charge >= 0.3 is 0 Å². The minimum Gasteiger partial charge on any atom is -0.366 e. The third-order valence-electron chi connectivity index (χ3n) is 3.94. The van der Waals surface area contributed by atoms with E-state index in [1.807, 2.05) is 0 Å². The lowest BCUT2D eigenvalue weighted by Gasteiger charge is -2.12. The van der Waals surface area contributed by atoms with Crippen molar-refractivity contribution in [3.8, 4) is 0 Å². The molecule has 0 aromatic heterocycles. The number of nitrogens with one attached hydrogen (secondary N) is 3. The van der Waals surface area contributed by atoms with Crippen LogP contribution >= 0.6 is 0 Å². The summed E-state index contributed by atoms with van der Waals surface area (Å²) in [5.41, 5.74) is 12.8. The molecular weight excluding hydrogens is 311 g/mol. The van der Waals surface area contributed by atoms with Crippen LogP contribution in [0, 0.1) is 5.82 Å². The Bertz CT molecular complexity index is 763. The predicted octanol–water partition coefficient (Wildman–Crippen LogP) is 1.47. The number of hydrogen-bond donors (Lipinski definition) is 4. The van der Waals surface area contributed by atoms with Gasteiger partial charge in [-0.15, -0.1) is 0 Å². The number of anilines is 1. The van der Waals surface area contributed by atoms with Crippen molar-refractivity contribution in [3.05, 3.63) is 65.5 Å². The molecule has 6 nitrogen and oxygen atoms in total. The van der Waals surface area contributed by atoms with E-state index in [0.717, 1.165) is 5.56 Å². The maximum absolute atomic E-state index is 13.0. The molecule has 7 heteroatoms. The molecule has 0 aliphatic carbocycles. The van der Waals surface area contributed by atoms with Gasteiger partial charge in [0.15, 0.2) is 0 Å². The highest BCUT2D eigenvalue weighted by molar-refractivity contribution is 6.04. The first-order valence-corrected chi connectivity index (χ1v) is 7.51. The Kier molecular flexibility index (Phi) is 4.54. The molecule has 1 heterocycles. The lowest BCUT2D eigenvalue weighted by molar-refractivity contribution is -0.117. The standard InChI is InChI=1S/C17H17FN4O2/c18-11-7-5-10(6-8-11)14-9-15(22-21-14)17(24)20-13-4-2-1-3-12(13)16(19)23/h1-8,14-15,21-22H,9H2,(H2,19,23)(H,20,24). The molecule has 1 aliphatic rings. The van der Waals surface area contributed by atoms with Crippen molar-refractivity contribution >= 4 is 17.5 Å². The van der Waals surface area contributed by atoms with Crippen LogP contribution in [0.5, 0.6) is 0 Å². The molecule has 1 saturated heterocycles. The Hall–Kier alpha value is -2.77. The number of carbonyl (C=O) groups is 2. The molecule has 1 aliphatic heterocycles. The highest BCUT2D eigenvalue weighted by Crippen LogP contribution is 2.23. The second-order valence-electron chi connectivity index (χ2n) is 5.58. The monoisotopic (exact) mass is 328 g/mol. The van der Waals surface area contributed by atoms with Gasteiger partial charge in [-0.1, -0.05) is 24.3 Å². The molecular formula is C17H17FN4O2. The smallest absolute Gasteiger partial charge is 0.250 e. The van der Waals surface area contributed by atoms with Gasteiger partial charge in [-0.2, -0.15) is 0 Å². The van der Waals surface area contributed by atoms with Crippen molar-refractivity contribution in [2.75, 3.05) is 5.32 Å². The Labute approximate surface area is 138 Å². The molecule has 2 unspecified atom stereocenters. The van der Waals surface area contributed by atoms with E-state index in [9.17, 15) is 14.0 Å². The average molecular weight is 328 g/mol. The van der Waals surface area contributed by atoms with E-state index in [0.29, 0.717) is 12.1 Å². The zero-order valence-electron chi connectivity index (χ0n) is 12.8. The molecule has 2 atom stereocenters. The molecule has 0 radical (unpaired) electrons. The largest absolute Gasteiger partial charge is 0.366 e. The SMILES string of the molecule is NC(=O)c1ccccc1NC(=O)C1CC(c2ccc(F)cc2)NN1. The highest BCUT2D eigenvalue weighted by Gasteiger charge is 2.30. The van der Waals surface area contributed by atoms with Crippen LogP contribution in [0.3, 0.4) is 0 Å². The number of halogens is 1. The number of carbonyl (C=O) groups excluding carboxylic acids is 2. The third-order valence-corrected chi connectivity index (χ3v) is 3.94. The highest BCUT2D eigenvalue weighted by atomic mass is 19.1. The Morgan fingerprint density at radius 1 is 1.08 bits per heavy atom. The number of para-hydroxylation sites is 1. The van der Waals surface area contributed by atoms with Gasteiger partial charge in [0.1, 0.15) is 11.9 Å². The molecule has 1 fully saturated rings. The normalized spacial score (nSPS) is 19.9. The summed E-state index contributed by atoms with van der Waals surface area (Å²) in [6.07, 6.45) is 0.496. The molecule has 2 aromatic rings. The van der Waals surface area contributed by atoms with Gasteiger partial charge in [-0.3, -0.25) is 9.59 Å². The van der Waals surface area contributed by atoms with Gasteiger partial charge in [-0.25, -0.2) is 15.2 Å². The van der Waals surface area contributed by atoms with Crippen molar-refractivity contribution in [3.63, 3.8) is 0 Å². The number of benzene rings is 2. The number of primary amides is 1. The summed E-state index contributed by atoms with van der Waals surface area (Å²) >= 11 is 0. The second-order valence-corrected chi connectivity index (χ2v) is 5.58. The van der Waals surface area contributed by atoms with Crippen LogP contribution in [0.2, 0.25) is 0 Å². The van der Waals surface area contributed by atoms with Gasteiger partial charge in [-0.05, 0) is 36.2 Å². The van der Waals surface area contributed by atoms with Gasteiger partial charge in [0.25, 0.3) is 5.91 Å². The van der Waals surface area contributed by atoms with Crippen LogP contribution in [0.4, 0.5) is 10.1 Å². The molecule has 0 bridgehead atoms. The van der Waals surface area contributed by atoms with Crippen LogP contribution in [0.25, 0.3) is 0 Å². The summed E-state index contributed by atoms with van der Waals surface area (Å²) in [7, 11) is 0. The van der Waals surface area contributed by atoms with Crippen LogP contribution < -0.4 is 21.9 Å². The molecule has 124 valence electrons. The van der Waals surface area contributed by atoms with Gasteiger partial charge < -0.3 is 11.1 Å². The van der Waals surface area contributed by atoms with E-state index in [1.54, 1.807) is 36.4 Å². The zero-order valence-corrected chi connectivity index (χ0v) is 12.8. The first-order valence-electron chi connectivity index (χ1n) is 7.51. The molecule has 2 aromatic carbocycles. The summed E-state index contributed by atoms with van der Waals surface area (Å²) in [6, 6.07) is 12.1. The van der Waals surface area contributed by atoms with E-state index >= 15 is 0 Å². The maximum Gasteiger partial charge on any atom is 0.250 e. The minimum atomic E-state index is -0.604. The fourth-order valence-corrected chi connectivity index (χ4v) is 2.67. The summed E-state index contributed by atoms with van der Waals surface area (Å²) in [5.74, 6) is -1.18. The molecule has 3 rings (SSSR count). The van der Waals surface area contributed by atoms with Gasteiger partial charge in [0, 0.05) is 6.04 Å². The summed E-state index contributed by atoms with van der Waals surface area (Å²) < 4.78 is 13.0. The Morgan fingerprint density at radius 2 is 1.79 bits per heavy atom. The lowest BCUT2D eigenvalue weighted by atomic mass is 10.0. The lowest BCUT2D eigenvalue weighted by Crippen LogP contribution is -2.39. The first-order chi connectivity index (χ1) is 11.5. The molecule has 0 saturated carbocycles. The second kappa shape index (κ2) is 6.77. The third kappa shape index (κ3) is 3.42. The van der Waals surface area contributed by atoms with Crippen molar-refractivity contribution < 1.29 is 14.0 Å². The fraction of sp³-hybridized carbons (Fsp3) is 0.176. The van der Waals surface area contributed by atoms with Crippen molar-refractivity contribution in [1.29, 1.82) is 0 Å². The topological polar surface area (TPSA) is 96.2 Å². The van der Waals surface area contributed by atoms with E-state index in [2.05, 4.69) is 16.2 Å². The Balaban J connectivity index is 1.67. The number of nitrogens with two attached hydrogens (primary N) is 1. The van der Waals surface area contributed by atoms with Crippen LogP contribution in [-0.4, -0.2) is 17.9 Å². The number of rotatable bonds is 4. The molecule has 24 heavy (non-hydrogen) atoms. The maximum atomic E-state index is 13.0. The Morgan fingerprint density at radius 3 is 2.50 bits per heavy atom.